The molecular formula is C14H22N4OS. The fraction of sp³-hybridized carbons (Fsp3) is 0.714. The number of nitrogens with zero attached hydrogens (tertiary/aromatic N) is 2. The van der Waals surface area contributed by atoms with Crippen molar-refractivity contribution < 1.29 is 4.79 Å². The summed E-state index contributed by atoms with van der Waals surface area (Å²) in [5, 5.41) is 4.16. The number of hydrogen-bond donors (Lipinski definition) is 2. The lowest BCUT2D eigenvalue weighted by Gasteiger charge is -2.25. The Bertz CT molecular complexity index is 476. The van der Waals surface area contributed by atoms with Crippen molar-refractivity contribution in [3.8, 4) is 0 Å². The summed E-state index contributed by atoms with van der Waals surface area (Å²) in [6, 6.07) is 0.515. The SMILES string of the molecule is Nc1nc(NC2CCC2)sc1C(=O)N1CCCCCC1. The normalized spacial score (nSPS) is 20.3. The highest BCUT2D eigenvalue weighted by Gasteiger charge is 2.24. The highest BCUT2D eigenvalue weighted by molar-refractivity contribution is 7.18. The van der Waals surface area contributed by atoms with Crippen LogP contribution in [0.5, 0.6) is 0 Å². The largest absolute Gasteiger partial charge is 0.382 e. The highest BCUT2D eigenvalue weighted by Crippen LogP contribution is 2.30. The molecule has 1 aromatic rings. The van der Waals surface area contributed by atoms with Crippen LogP contribution in [-0.4, -0.2) is 34.9 Å². The van der Waals surface area contributed by atoms with Crippen LogP contribution < -0.4 is 11.1 Å². The number of nitrogen functional groups attached to an aromatic ring is 1. The average Bonchev–Trinajstić information content (AvgIpc) is 2.62. The molecule has 2 heterocycles. The van der Waals surface area contributed by atoms with Gasteiger partial charge < -0.3 is 16.0 Å². The number of nitrogens with one attached hydrogen (secondary N) is 1. The Balaban J connectivity index is 1.69. The quantitative estimate of drug-likeness (QED) is 0.899. The number of thiazole rings is 1. The van der Waals surface area contributed by atoms with E-state index in [0.29, 0.717) is 16.7 Å². The minimum absolute atomic E-state index is 0.0589. The zero-order chi connectivity index (χ0) is 13.9. The van der Waals surface area contributed by atoms with Crippen molar-refractivity contribution in [3.63, 3.8) is 0 Å². The van der Waals surface area contributed by atoms with E-state index in [1.54, 1.807) is 0 Å². The molecule has 5 nitrogen and oxygen atoms in total. The van der Waals surface area contributed by atoms with Crippen LogP contribution in [0.3, 0.4) is 0 Å². The lowest BCUT2D eigenvalue weighted by Crippen LogP contribution is -2.31. The second-order valence-corrected chi connectivity index (χ2v) is 6.71. The lowest BCUT2D eigenvalue weighted by molar-refractivity contribution is 0.0767. The third-order valence-corrected chi connectivity index (χ3v) is 5.16. The summed E-state index contributed by atoms with van der Waals surface area (Å²) < 4.78 is 0. The fourth-order valence-electron chi connectivity index (χ4n) is 2.69. The monoisotopic (exact) mass is 294 g/mol. The molecule has 1 aliphatic carbocycles. The van der Waals surface area contributed by atoms with Gasteiger partial charge >= 0.3 is 0 Å². The second-order valence-electron chi connectivity index (χ2n) is 5.71. The highest BCUT2D eigenvalue weighted by atomic mass is 32.1. The van der Waals surface area contributed by atoms with Gasteiger partial charge in [-0.15, -0.1) is 0 Å². The fourth-order valence-corrected chi connectivity index (χ4v) is 3.62. The predicted molar refractivity (Wildman–Crippen MR) is 82.2 cm³/mol. The Morgan fingerprint density at radius 3 is 2.50 bits per heavy atom. The smallest absolute Gasteiger partial charge is 0.267 e. The number of rotatable bonds is 3. The number of likely N-dealkylation sites (tertiary alicyclic amines) is 1. The van der Waals surface area contributed by atoms with Crippen LogP contribution >= 0.6 is 11.3 Å². The summed E-state index contributed by atoms with van der Waals surface area (Å²) in [7, 11) is 0. The molecule has 0 atom stereocenters. The van der Waals surface area contributed by atoms with E-state index in [2.05, 4.69) is 10.3 Å². The molecule has 110 valence electrons. The van der Waals surface area contributed by atoms with Crippen LogP contribution in [-0.2, 0) is 0 Å². The molecule has 0 unspecified atom stereocenters. The Labute approximate surface area is 123 Å². The van der Waals surface area contributed by atoms with Crippen LogP contribution in [0.15, 0.2) is 0 Å². The van der Waals surface area contributed by atoms with E-state index in [4.69, 9.17) is 5.73 Å². The molecule has 3 N–H and O–H groups in total. The number of nitrogens with two attached hydrogens (primary N) is 1. The van der Waals surface area contributed by atoms with Crippen molar-refractivity contribution in [3.05, 3.63) is 4.88 Å². The molecule has 1 saturated carbocycles. The zero-order valence-electron chi connectivity index (χ0n) is 11.7. The van der Waals surface area contributed by atoms with Gasteiger partial charge in [-0.05, 0) is 32.1 Å². The van der Waals surface area contributed by atoms with E-state index < -0.39 is 0 Å². The Morgan fingerprint density at radius 1 is 1.20 bits per heavy atom. The summed E-state index contributed by atoms with van der Waals surface area (Å²) in [4.78, 5) is 19.4. The minimum atomic E-state index is 0.0589. The lowest BCUT2D eigenvalue weighted by atomic mass is 9.93. The number of carbonyl (C=O) groups is 1. The second kappa shape index (κ2) is 5.99. The van der Waals surface area contributed by atoms with Crippen molar-refractivity contribution in [2.75, 3.05) is 24.1 Å². The Kier molecular flexibility index (Phi) is 4.10. The van der Waals surface area contributed by atoms with Crippen molar-refractivity contribution >= 4 is 28.2 Å². The number of anilines is 2. The van der Waals surface area contributed by atoms with E-state index in [1.165, 1.54) is 43.4 Å². The van der Waals surface area contributed by atoms with E-state index in [-0.39, 0.29) is 5.91 Å². The first-order valence-corrected chi connectivity index (χ1v) is 8.38. The van der Waals surface area contributed by atoms with Crippen molar-refractivity contribution in [1.82, 2.24) is 9.88 Å². The van der Waals surface area contributed by atoms with Crippen LogP contribution in [0.2, 0.25) is 0 Å². The predicted octanol–water partition coefficient (Wildman–Crippen LogP) is 2.71. The Hall–Kier alpha value is -1.30. The van der Waals surface area contributed by atoms with Gasteiger partial charge in [-0.1, -0.05) is 24.2 Å². The molecular weight excluding hydrogens is 272 g/mol. The van der Waals surface area contributed by atoms with Gasteiger partial charge in [-0.3, -0.25) is 4.79 Å². The molecule has 1 aliphatic heterocycles. The van der Waals surface area contributed by atoms with Crippen LogP contribution in [0, 0.1) is 0 Å². The van der Waals surface area contributed by atoms with E-state index >= 15 is 0 Å². The zero-order valence-corrected chi connectivity index (χ0v) is 12.5. The maximum atomic E-state index is 12.5. The van der Waals surface area contributed by atoms with E-state index in [0.717, 1.165) is 31.1 Å². The van der Waals surface area contributed by atoms with Gasteiger partial charge in [0.1, 0.15) is 10.7 Å². The molecule has 0 bridgehead atoms. The number of hydrogen-bond acceptors (Lipinski definition) is 5. The first kappa shape index (κ1) is 13.7. The first-order valence-electron chi connectivity index (χ1n) is 7.56. The van der Waals surface area contributed by atoms with E-state index in [1.807, 2.05) is 4.90 Å². The molecule has 20 heavy (non-hydrogen) atoms. The summed E-state index contributed by atoms with van der Waals surface area (Å²) in [5.41, 5.74) is 5.94. The standard InChI is InChI=1S/C14H22N4OS/c15-12-11(13(19)18-8-3-1-2-4-9-18)20-14(17-12)16-10-6-5-7-10/h10H,1-9,15H2,(H,16,17). The number of aromatic nitrogens is 1. The summed E-state index contributed by atoms with van der Waals surface area (Å²) in [6.07, 6.45) is 8.28. The summed E-state index contributed by atoms with van der Waals surface area (Å²) in [5.74, 6) is 0.439. The van der Waals surface area contributed by atoms with Gasteiger partial charge in [0, 0.05) is 19.1 Å². The molecule has 1 aromatic heterocycles. The third-order valence-electron chi connectivity index (χ3n) is 4.17. The third kappa shape index (κ3) is 2.90. The summed E-state index contributed by atoms with van der Waals surface area (Å²) in [6.45, 7) is 1.70. The molecule has 3 rings (SSSR count). The van der Waals surface area contributed by atoms with Gasteiger partial charge in [0.15, 0.2) is 5.13 Å². The molecule has 1 amide bonds. The molecule has 2 aliphatic rings. The van der Waals surface area contributed by atoms with Gasteiger partial charge in [0.05, 0.1) is 0 Å². The maximum absolute atomic E-state index is 12.5. The molecule has 2 fully saturated rings. The average molecular weight is 294 g/mol. The maximum Gasteiger partial charge on any atom is 0.267 e. The first-order chi connectivity index (χ1) is 9.74. The van der Waals surface area contributed by atoms with Gasteiger partial charge in [-0.25, -0.2) is 4.98 Å². The minimum Gasteiger partial charge on any atom is -0.382 e. The Morgan fingerprint density at radius 2 is 1.90 bits per heavy atom. The molecule has 1 saturated heterocycles. The number of amides is 1. The topological polar surface area (TPSA) is 71.2 Å². The van der Waals surface area contributed by atoms with Gasteiger partial charge in [-0.2, -0.15) is 0 Å². The van der Waals surface area contributed by atoms with Gasteiger partial charge in [0.25, 0.3) is 5.91 Å². The molecule has 0 aromatic carbocycles. The molecule has 0 spiro atoms. The van der Waals surface area contributed by atoms with Crippen molar-refractivity contribution in [2.24, 2.45) is 0 Å². The van der Waals surface area contributed by atoms with Gasteiger partial charge in [0.2, 0.25) is 0 Å². The van der Waals surface area contributed by atoms with Crippen molar-refractivity contribution in [1.29, 1.82) is 0 Å². The molecule has 0 radical (unpaired) electrons. The van der Waals surface area contributed by atoms with Crippen molar-refractivity contribution in [2.45, 2.75) is 51.0 Å². The van der Waals surface area contributed by atoms with Crippen LogP contribution in [0.1, 0.15) is 54.6 Å². The number of carbonyl (C=O) groups excluding carboxylic acids is 1. The van der Waals surface area contributed by atoms with E-state index in [9.17, 15) is 4.79 Å². The van der Waals surface area contributed by atoms with Crippen LogP contribution in [0.25, 0.3) is 0 Å². The van der Waals surface area contributed by atoms with Crippen LogP contribution in [0.4, 0.5) is 10.9 Å². The summed E-state index contributed by atoms with van der Waals surface area (Å²) >= 11 is 1.41. The molecule has 6 heteroatoms.